The van der Waals surface area contributed by atoms with Gasteiger partial charge in [-0.1, -0.05) is 0 Å². The molecule has 17 heavy (non-hydrogen) atoms. The van der Waals surface area contributed by atoms with Crippen LogP contribution in [0.15, 0.2) is 0 Å². The average molecular weight is 252 g/mol. The van der Waals surface area contributed by atoms with Crippen molar-refractivity contribution in [3.05, 3.63) is 11.0 Å². The maximum absolute atomic E-state index is 8.68. The van der Waals surface area contributed by atoms with Crippen LogP contribution in [0.25, 0.3) is 0 Å². The normalized spacial score (nSPS) is 14.4. The van der Waals surface area contributed by atoms with Crippen LogP contribution in [0, 0.1) is 18.3 Å². The minimum absolute atomic E-state index is 0.203. The minimum Gasteiger partial charge on any atom is -0.394 e. The van der Waals surface area contributed by atoms with Crippen molar-refractivity contribution in [3.63, 3.8) is 0 Å². The Balaban J connectivity index is 2.32. The molecule has 0 aliphatic heterocycles. The van der Waals surface area contributed by atoms with Crippen LogP contribution in [0.5, 0.6) is 0 Å². The zero-order valence-electron chi connectivity index (χ0n) is 9.65. The maximum Gasteiger partial charge on any atom is 0.224 e. The van der Waals surface area contributed by atoms with E-state index >= 15 is 0 Å². The first kappa shape index (κ1) is 11.9. The van der Waals surface area contributed by atoms with Crippen molar-refractivity contribution in [3.8, 4) is 6.07 Å². The van der Waals surface area contributed by atoms with Gasteiger partial charge in [-0.05, 0) is 31.4 Å². The fourth-order valence-electron chi connectivity index (χ4n) is 1.77. The largest absolute Gasteiger partial charge is 0.394 e. The third-order valence-corrected chi connectivity index (χ3v) is 2.98. The molecule has 0 radical (unpaired) electrons. The molecule has 1 fully saturated rings. The van der Waals surface area contributed by atoms with Crippen LogP contribution in [0.3, 0.4) is 0 Å². The topological polar surface area (TPSA) is 78.8 Å². The van der Waals surface area contributed by atoms with E-state index in [1.165, 1.54) is 0 Å². The van der Waals surface area contributed by atoms with E-state index in [-0.39, 0.29) is 5.28 Å². The van der Waals surface area contributed by atoms with Gasteiger partial charge in [0.1, 0.15) is 0 Å². The van der Waals surface area contributed by atoms with Crippen molar-refractivity contribution in [2.24, 2.45) is 0 Å². The number of hydrogen-bond donors (Lipinski definition) is 1. The van der Waals surface area contributed by atoms with Crippen LogP contribution in [0.4, 0.5) is 11.5 Å². The number of halogens is 1. The number of nitrogens with zero attached hydrogens (tertiary/aromatic N) is 4. The van der Waals surface area contributed by atoms with E-state index in [4.69, 9.17) is 22.6 Å². The Bertz CT molecular complexity index is 464. The Morgan fingerprint density at radius 1 is 1.53 bits per heavy atom. The highest BCUT2D eigenvalue weighted by molar-refractivity contribution is 6.28. The molecular formula is C11H14ClN5. The van der Waals surface area contributed by atoms with Gasteiger partial charge in [0.15, 0.2) is 5.82 Å². The highest BCUT2D eigenvalue weighted by Gasteiger charge is 2.31. The summed E-state index contributed by atoms with van der Waals surface area (Å²) >= 11 is 5.86. The van der Waals surface area contributed by atoms with Crippen molar-refractivity contribution in [1.82, 2.24) is 9.97 Å². The predicted molar refractivity (Wildman–Crippen MR) is 66.8 cm³/mol. The molecule has 0 aromatic carbocycles. The van der Waals surface area contributed by atoms with E-state index in [2.05, 4.69) is 20.9 Å². The minimum atomic E-state index is 0.203. The predicted octanol–water partition coefficient (Wildman–Crippen LogP) is 1.90. The molecule has 1 saturated carbocycles. The van der Waals surface area contributed by atoms with E-state index in [1.54, 1.807) is 0 Å². The first-order valence-corrected chi connectivity index (χ1v) is 5.94. The van der Waals surface area contributed by atoms with Gasteiger partial charge in [0.25, 0.3) is 0 Å². The number of aryl methyl sites for hydroxylation is 1. The van der Waals surface area contributed by atoms with E-state index in [9.17, 15) is 0 Å². The lowest BCUT2D eigenvalue weighted by molar-refractivity contribution is 0.776. The molecular weight excluding hydrogens is 238 g/mol. The number of rotatable bonds is 4. The quantitative estimate of drug-likeness (QED) is 0.827. The second-order valence-electron chi connectivity index (χ2n) is 4.15. The Morgan fingerprint density at radius 2 is 2.24 bits per heavy atom. The smallest absolute Gasteiger partial charge is 0.224 e. The summed E-state index contributed by atoms with van der Waals surface area (Å²) < 4.78 is 0. The summed E-state index contributed by atoms with van der Waals surface area (Å²) in [6.07, 6.45) is 2.69. The summed E-state index contributed by atoms with van der Waals surface area (Å²) in [4.78, 5) is 10.3. The Labute approximate surface area is 105 Å². The third kappa shape index (κ3) is 2.59. The molecule has 6 heteroatoms. The summed E-state index contributed by atoms with van der Waals surface area (Å²) in [6.45, 7) is 2.44. The second kappa shape index (κ2) is 4.76. The first-order valence-electron chi connectivity index (χ1n) is 5.56. The van der Waals surface area contributed by atoms with E-state index < -0.39 is 0 Å². The number of nitrogens with two attached hydrogens (primary N) is 1. The molecule has 1 aromatic heterocycles. The molecule has 1 heterocycles. The van der Waals surface area contributed by atoms with E-state index in [0.717, 1.165) is 12.8 Å². The van der Waals surface area contributed by atoms with Gasteiger partial charge < -0.3 is 10.6 Å². The Hall–Kier alpha value is -1.54. The fourth-order valence-corrected chi connectivity index (χ4v) is 1.98. The Kier molecular flexibility index (Phi) is 3.34. The molecule has 0 saturated heterocycles. The van der Waals surface area contributed by atoms with Gasteiger partial charge in [0, 0.05) is 12.6 Å². The standard InChI is InChI=1S/C11H14ClN5/c1-7-9(14)10(16-11(12)15-7)17(6-2-5-13)8-3-4-8/h8H,2-4,6,14H2,1H3. The molecule has 0 amide bonds. The molecule has 1 aliphatic carbocycles. The van der Waals surface area contributed by atoms with E-state index in [1.807, 2.05) is 6.92 Å². The Morgan fingerprint density at radius 3 is 2.82 bits per heavy atom. The maximum atomic E-state index is 8.68. The molecule has 1 aliphatic rings. The lowest BCUT2D eigenvalue weighted by Gasteiger charge is -2.24. The molecule has 2 N–H and O–H groups in total. The zero-order valence-corrected chi connectivity index (χ0v) is 10.4. The molecule has 0 spiro atoms. The SMILES string of the molecule is Cc1nc(Cl)nc(N(CCC#N)C2CC2)c1N. The number of nitrogen functional groups attached to an aromatic ring is 1. The summed E-state index contributed by atoms with van der Waals surface area (Å²) in [5.74, 6) is 0.667. The molecule has 90 valence electrons. The van der Waals surface area contributed by atoms with Gasteiger partial charge in [0.05, 0.1) is 23.9 Å². The van der Waals surface area contributed by atoms with Crippen molar-refractivity contribution in [1.29, 1.82) is 5.26 Å². The molecule has 0 atom stereocenters. The number of anilines is 2. The van der Waals surface area contributed by atoms with Gasteiger partial charge in [0.2, 0.25) is 5.28 Å². The second-order valence-corrected chi connectivity index (χ2v) is 4.49. The van der Waals surface area contributed by atoms with Crippen molar-refractivity contribution in [2.75, 3.05) is 17.2 Å². The molecule has 0 bridgehead atoms. The summed E-state index contributed by atoms with van der Waals surface area (Å²) in [5, 5.41) is 8.88. The van der Waals surface area contributed by atoms with Crippen LogP contribution < -0.4 is 10.6 Å². The van der Waals surface area contributed by atoms with E-state index in [0.29, 0.717) is 36.2 Å². The van der Waals surface area contributed by atoms with Crippen LogP contribution in [-0.4, -0.2) is 22.6 Å². The third-order valence-electron chi connectivity index (χ3n) is 2.81. The average Bonchev–Trinajstić information content (AvgIpc) is 3.09. The van der Waals surface area contributed by atoms with Crippen LogP contribution in [0.2, 0.25) is 5.28 Å². The highest BCUT2D eigenvalue weighted by atomic mass is 35.5. The van der Waals surface area contributed by atoms with Gasteiger partial charge >= 0.3 is 0 Å². The number of aromatic nitrogens is 2. The lowest BCUT2D eigenvalue weighted by atomic mass is 10.3. The highest BCUT2D eigenvalue weighted by Crippen LogP contribution is 2.34. The van der Waals surface area contributed by atoms with Gasteiger partial charge in [-0.15, -0.1) is 0 Å². The summed E-state index contributed by atoms with van der Waals surface area (Å²) in [7, 11) is 0. The van der Waals surface area contributed by atoms with Crippen LogP contribution >= 0.6 is 11.6 Å². The van der Waals surface area contributed by atoms with Gasteiger partial charge in [-0.2, -0.15) is 10.2 Å². The number of nitriles is 1. The molecule has 2 rings (SSSR count). The summed E-state index contributed by atoms with van der Waals surface area (Å²) in [5.41, 5.74) is 7.22. The lowest BCUT2D eigenvalue weighted by Crippen LogP contribution is -2.29. The van der Waals surface area contributed by atoms with Crippen LogP contribution in [0.1, 0.15) is 25.0 Å². The molecule has 1 aromatic rings. The fraction of sp³-hybridized carbons (Fsp3) is 0.545. The summed E-state index contributed by atoms with van der Waals surface area (Å²) in [6, 6.07) is 2.58. The van der Waals surface area contributed by atoms with Crippen molar-refractivity contribution >= 4 is 23.1 Å². The molecule has 5 nitrogen and oxygen atoms in total. The number of hydrogen-bond acceptors (Lipinski definition) is 5. The van der Waals surface area contributed by atoms with Gasteiger partial charge in [-0.3, -0.25) is 0 Å². The monoisotopic (exact) mass is 251 g/mol. The van der Waals surface area contributed by atoms with Crippen LogP contribution in [-0.2, 0) is 0 Å². The van der Waals surface area contributed by atoms with Gasteiger partial charge in [-0.25, -0.2) is 4.98 Å². The zero-order chi connectivity index (χ0) is 12.4. The first-order chi connectivity index (χ1) is 8.13. The van der Waals surface area contributed by atoms with Crippen molar-refractivity contribution in [2.45, 2.75) is 32.2 Å². The van der Waals surface area contributed by atoms with Crippen molar-refractivity contribution < 1.29 is 0 Å². The molecule has 0 unspecified atom stereocenters.